The average Bonchev–Trinajstić information content (AvgIpc) is 3.33. The molecule has 1 amide bonds. The van der Waals surface area contributed by atoms with Gasteiger partial charge in [0.05, 0.1) is 18.5 Å². The molecule has 4 aromatic rings. The minimum atomic E-state index is -0.861. The highest BCUT2D eigenvalue weighted by molar-refractivity contribution is 5.96. The van der Waals surface area contributed by atoms with Crippen LogP contribution in [-0.4, -0.2) is 50.0 Å². The molecule has 1 N–H and O–H groups in total. The first-order chi connectivity index (χ1) is 18.5. The van der Waals surface area contributed by atoms with Crippen LogP contribution >= 0.6 is 0 Å². The highest BCUT2D eigenvalue weighted by Crippen LogP contribution is 2.33. The number of hydrogen-bond donors (Lipinski definition) is 1. The number of aliphatic carboxylic acids is 1. The highest BCUT2D eigenvalue weighted by atomic mass is 16.5. The molecule has 3 aromatic carbocycles. The number of ether oxygens (including phenoxy) is 1. The molecule has 8 nitrogen and oxygen atoms in total. The third-order valence-electron chi connectivity index (χ3n) is 7.72. The monoisotopic (exact) mass is 510 g/mol. The molecule has 9 bridgehead atoms. The lowest BCUT2D eigenvalue weighted by Gasteiger charge is -2.30. The quantitative estimate of drug-likeness (QED) is 0.419. The molecule has 7 rings (SSSR count). The Labute approximate surface area is 220 Å². The van der Waals surface area contributed by atoms with Crippen molar-refractivity contribution in [1.29, 1.82) is 0 Å². The van der Waals surface area contributed by atoms with Crippen LogP contribution in [0.25, 0.3) is 11.0 Å². The van der Waals surface area contributed by atoms with Gasteiger partial charge in [-0.2, -0.15) is 0 Å². The Hall–Kier alpha value is -4.20. The lowest BCUT2D eigenvalue weighted by atomic mass is 9.85. The average molecular weight is 511 g/mol. The van der Waals surface area contributed by atoms with Crippen molar-refractivity contribution in [2.24, 2.45) is 0 Å². The molecular formula is C30H30N4O4. The molecule has 0 saturated carbocycles. The number of carboxylic acids is 1. The SMILES string of the molecule is Cc1ccc2cc1C(=O)N1CCc3ccc(cc3C1)C(CC(=O)O)c1ccc3c(c1)nnn3CCCCO2. The van der Waals surface area contributed by atoms with E-state index >= 15 is 0 Å². The molecule has 0 fully saturated rings. The zero-order valence-corrected chi connectivity index (χ0v) is 21.4. The third kappa shape index (κ3) is 4.62. The summed E-state index contributed by atoms with van der Waals surface area (Å²) in [6.45, 7) is 4.32. The van der Waals surface area contributed by atoms with Gasteiger partial charge >= 0.3 is 5.97 Å². The van der Waals surface area contributed by atoms with Crippen LogP contribution in [0.5, 0.6) is 5.75 Å². The Kier molecular flexibility index (Phi) is 6.31. The minimum absolute atomic E-state index is 0.00881. The van der Waals surface area contributed by atoms with E-state index in [-0.39, 0.29) is 18.2 Å². The standard InChI is InChI=1S/C30H30N4O4/c1-19-4-8-24-16-25(19)30(37)33-12-10-20-5-6-21(14-23(20)18-33)26(17-29(35)36)22-7-9-28-27(15-22)31-32-34(28)11-2-3-13-38-24/h4-9,14-16,26H,2-3,10-13,17-18H2,1H3,(H,35,36). The fourth-order valence-corrected chi connectivity index (χ4v) is 5.59. The maximum Gasteiger partial charge on any atom is 0.304 e. The maximum absolute atomic E-state index is 13.6. The molecule has 0 saturated heterocycles. The van der Waals surface area contributed by atoms with Crippen molar-refractivity contribution in [2.45, 2.75) is 51.6 Å². The topological polar surface area (TPSA) is 97.5 Å². The van der Waals surface area contributed by atoms with Gasteiger partial charge in [-0.3, -0.25) is 9.59 Å². The highest BCUT2D eigenvalue weighted by Gasteiger charge is 2.26. The van der Waals surface area contributed by atoms with Crippen molar-refractivity contribution < 1.29 is 19.4 Å². The predicted molar refractivity (Wildman–Crippen MR) is 142 cm³/mol. The van der Waals surface area contributed by atoms with Crippen molar-refractivity contribution in [3.05, 3.63) is 88.0 Å². The molecule has 4 heterocycles. The van der Waals surface area contributed by atoms with Gasteiger partial charge in [-0.1, -0.05) is 35.5 Å². The van der Waals surface area contributed by atoms with Gasteiger partial charge in [0.2, 0.25) is 0 Å². The first kappa shape index (κ1) is 24.2. The van der Waals surface area contributed by atoms with Crippen LogP contribution in [0.15, 0.2) is 54.6 Å². The molecule has 194 valence electrons. The van der Waals surface area contributed by atoms with E-state index in [0.717, 1.165) is 52.5 Å². The molecule has 3 aliphatic heterocycles. The summed E-state index contributed by atoms with van der Waals surface area (Å²) in [6, 6.07) is 17.8. The van der Waals surface area contributed by atoms with E-state index in [1.165, 1.54) is 5.56 Å². The van der Waals surface area contributed by atoms with Crippen LogP contribution in [0.1, 0.15) is 63.4 Å². The molecule has 0 radical (unpaired) electrons. The maximum atomic E-state index is 13.6. The summed E-state index contributed by atoms with van der Waals surface area (Å²) in [5.74, 6) is -0.505. The first-order valence-electron chi connectivity index (χ1n) is 13.2. The Morgan fingerprint density at radius 1 is 1.03 bits per heavy atom. The molecule has 0 spiro atoms. The number of aromatic nitrogens is 3. The van der Waals surface area contributed by atoms with E-state index in [1.807, 2.05) is 59.0 Å². The number of rotatable bonds is 2. The molecule has 8 heteroatoms. The van der Waals surface area contributed by atoms with Crippen molar-refractivity contribution in [3.8, 4) is 5.75 Å². The zero-order valence-electron chi connectivity index (χ0n) is 21.4. The van der Waals surface area contributed by atoms with Crippen molar-refractivity contribution in [3.63, 3.8) is 0 Å². The van der Waals surface area contributed by atoms with Crippen LogP contribution in [0.2, 0.25) is 0 Å². The van der Waals surface area contributed by atoms with Crippen LogP contribution in [0.3, 0.4) is 0 Å². The summed E-state index contributed by atoms with van der Waals surface area (Å²) in [6.07, 6.45) is 2.42. The Balaban J connectivity index is 1.43. The van der Waals surface area contributed by atoms with Gasteiger partial charge in [0.15, 0.2) is 0 Å². The second kappa shape index (κ2) is 9.93. The van der Waals surface area contributed by atoms with Crippen LogP contribution < -0.4 is 4.74 Å². The summed E-state index contributed by atoms with van der Waals surface area (Å²) in [7, 11) is 0. The minimum Gasteiger partial charge on any atom is -0.494 e. The zero-order chi connectivity index (χ0) is 26.2. The molecular weight excluding hydrogens is 480 g/mol. The van der Waals surface area contributed by atoms with Gasteiger partial charge < -0.3 is 14.7 Å². The second-order valence-electron chi connectivity index (χ2n) is 10.2. The smallest absolute Gasteiger partial charge is 0.304 e. The second-order valence-corrected chi connectivity index (χ2v) is 10.2. The Bertz CT molecular complexity index is 1540. The molecule has 1 atom stereocenters. The number of nitrogens with zero attached hydrogens (tertiary/aromatic N) is 4. The number of benzene rings is 3. The molecule has 38 heavy (non-hydrogen) atoms. The van der Waals surface area contributed by atoms with Gasteiger partial charge in [-0.15, -0.1) is 5.10 Å². The number of amides is 1. The van der Waals surface area contributed by atoms with Crippen molar-refractivity contribution in [2.75, 3.05) is 13.2 Å². The lowest BCUT2D eigenvalue weighted by Crippen LogP contribution is -2.36. The number of carboxylic acid groups (broad SMARTS) is 1. The summed E-state index contributed by atoms with van der Waals surface area (Å²) in [5.41, 5.74) is 7.34. The van der Waals surface area contributed by atoms with Crippen molar-refractivity contribution >= 4 is 22.9 Å². The first-order valence-corrected chi connectivity index (χ1v) is 13.2. The van der Waals surface area contributed by atoms with E-state index in [4.69, 9.17) is 4.74 Å². The van der Waals surface area contributed by atoms with E-state index < -0.39 is 5.97 Å². The molecule has 3 aliphatic rings. The van der Waals surface area contributed by atoms with E-state index in [2.05, 4.69) is 22.4 Å². The third-order valence-corrected chi connectivity index (χ3v) is 7.72. The van der Waals surface area contributed by atoms with Crippen LogP contribution in [0, 0.1) is 6.92 Å². The predicted octanol–water partition coefficient (Wildman–Crippen LogP) is 4.72. The van der Waals surface area contributed by atoms with Crippen LogP contribution in [-0.2, 0) is 24.3 Å². The number of fused-ring (bicyclic) bond motifs is 5. The molecule has 0 aliphatic carbocycles. The normalized spacial score (nSPS) is 17.7. The number of aryl methyl sites for hydroxylation is 2. The largest absolute Gasteiger partial charge is 0.494 e. The van der Waals surface area contributed by atoms with Gasteiger partial charge in [0.1, 0.15) is 11.3 Å². The summed E-state index contributed by atoms with van der Waals surface area (Å²) in [4.78, 5) is 27.4. The molecule has 1 unspecified atom stereocenters. The van der Waals surface area contributed by atoms with Gasteiger partial charge in [-0.25, -0.2) is 4.68 Å². The van der Waals surface area contributed by atoms with Crippen molar-refractivity contribution in [1.82, 2.24) is 19.9 Å². The van der Waals surface area contributed by atoms with Gasteiger partial charge in [-0.05, 0) is 78.3 Å². The Morgan fingerprint density at radius 3 is 2.74 bits per heavy atom. The number of carbonyl (C=O) groups is 2. The van der Waals surface area contributed by atoms with Crippen LogP contribution in [0.4, 0.5) is 0 Å². The fraction of sp³-hybridized carbons (Fsp3) is 0.333. The number of carbonyl (C=O) groups excluding carboxylic acids is 1. The summed E-state index contributed by atoms with van der Waals surface area (Å²) >= 11 is 0. The fourth-order valence-electron chi connectivity index (χ4n) is 5.59. The Morgan fingerprint density at radius 2 is 1.87 bits per heavy atom. The molecule has 1 aromatic heterocycles. The van der Waals surface area contributed by atoms with Gasteiger partial charge in [0.25, 0.3) is 5.91 Å². The van der Waals surface area contributed by atoms with E-state index in [1.54, 1.807) is 0 Å². The van der Waals surface area contributed by atoms with E-state index in [0.29, 0.717) is 37.6 Å². The number of hydrogen-bond acceptors (Lipinski definition) is 5. The lowest BCUT2D eigenvalue weighted by molar-refractivity contribution is -0.137. The summed E-state index contributed by atoms with van der Waals surface area (Å²) in [5, 5.41) is 18.5. The summed E-state index contributed by atoms with van der Waals surface area (Å²) < 4.78 is 7.89. The van der Waals surface area contributed by atoms with E-state index in [9.17, 15) is 14.7 Å². The van der Waals surface area contributed by atoms with Gasteiger partial charge in [0, 0.05) is 31.1 Å².